The summed E-state index contributed by atoms with van der Waals surface area (Å²) >= 11 is 0. The second-order valence-corrected chi connectivity index (χ2v) is 5.96. The van der Waals surface area contributed by atoms with Crippen LogP contribution in [0.3, 0.4) is 0 Å². The first-order valence-electron chi connectivity index (χ1n) is 7.60. The van der Waals surface area contributed by atoms with Crippen molar-refractivity contribution < 1.29 is 9.59 Å². The molecular formula is C15H20N6O2. The average molecular weight is 316 g/mol. The van der Waals surface area contributed by atoms with Crippen molar-refractivity contribution in [2.45, 2.75) is 25.7 Å². The molecule has 0 bridgehead atoms. The molecule has 1 aliphatic rings. The first-order valence-corrected chi connectivity index (χ1v) is 7.60. The zero-order valence-electron chi connectivity index (χ0n) is 13.2. The third-order valence-electron chi connectivity index (χ3n) is 4.24. The number of piperidine rings is 1. The number of aryl methyl sites for hydroxylation is 2. The normalized spacial score (nSPS) is 18.2. The Balaban J connectivity index is 1.76. The van der Waals surface area contributed by atoms with E-state index in [1.807, 2.05) is 11.8 Å². The molecule has 2 aromatic rings. The summed E-state index contributed by atoms with van der Waals surface area (Å²) in [7, 11) is 1.80. The Morgan fingerprint density at radius 1 is 1.43 bits per heavy atom. The maximum Gasteiger partial charge on any atom is 0.269 e. The van der Waals surface area contributed by atoms with Gasteiger partial charge in [0.1, 0.15) is 5.69 Å². The zero-order chi connectivity index (χ0) is 16.6. The van der Waals surface area contributed by atoms with Crippen molar-refractivity contribution in [1.29, 1.82) is 0 Å². The van der Waals surface area contributed by atoms with E-state index in [2.05, 4.69) is 15.3 Å². The summed E-state index contributed by atoms with van der Waals surface area (Å²) in [6, 6.07) is 1.68. The van der Waals surface area contributed by atoms with Crippen LogP contribution in [0, 0.1) is 6.92 Å². The molecule has 23 heavy (non-hydrogen) atoms. The van der Waals surface area contributed by atoms with E-state index in [-0.39, 0.29) is 17.5 Å². The van der Waals surface area contributed by atoms with Crippen LogP contribution in [0.4, 0.5) is 0 Å². The van der Waals surface area contributed by atoms with Crippen LogP contribution in [0.5, 0.6) is 0 Å². The number of nitrogens with zero attached hydrogens (tertiary/aromatic N) is 4. The molecule has 0 radical (unpaired) electrons. The molecular weight excluding hydrogens is 296 g/mol. The SMILES string of the molecule is Cc1nn(C)cc1C(=O)N1CCCC(c2cc(C(N)=O)n[nH]2)C1. The van der Waals surface area contributed by atoms with Gasteiger partial charge in [0.25, 0.3) is 11.8 Å². The van der Waals surface area contributed by atoms with Crippen LogP contribution in [0.25, 0.3) is 0 Å². The Morgan fingerprint density at radius 3 is 2.83 bits per heavy atom. The molecule has 3 heterocycles. The molecule has 0 saturated carbocycles. The number of carbonyl (C=O) groups excluding carboxylic acids is 2. The van der Waals surface area contributed by atoms with Gasteiger partial charge in [-0.2, -0.15) is 10.2 Å². The van der Waals surface area contributed by atoms with Gasteiger partial charge in [-0.25, -0.2) is 0 Å². The van der Waals surface area contributed by atoms with Gasteiger partial charge < -0.3 is 10.6 Å². The van der Waals surface area contributed by atoms with Gasteiger partial charge in [-0.05, 0) is 25.8 Å². The number of aromatic amines is 1. The maximum absolute atomic E-state index is 12.7. The number of primary amides is 1. The van der Waals surface area contributed by atoms with E-state index in [1.165, 1.54) is 0 Å². The highest BCUT2D eigenvalue weighted by Crippen LogP contribution is 2.27. The van der Waals surface area contributed by atoms with Crippen molar-refractivity contribution in [3.05, 3.63) is 34.9 Å². The molecule has 1 unspecified atom stereocenters. The Bertz CT molecular complexity index is 747. The molecule has 3 rings (SSSR count). The largest absolute Gasteiger partial charge is 0.364 e. The van der Waals surface area contributed by atoms with Crippen molar-refractivity contribution in [1.82, 2.24) is 24.9 Å². The molecule has 0 aromatic carbocycles. The van der Waals surface area contributed by atoms with E-state index in [0.717, 1.165) is 30.8 Å². The number of hydrogen-bond donors (Lipinski definition) is 2. The maximum atomic E-state index is 12.7. The van der Waals surface area contributed by atoms with E-state index in [0.29, 0.717) is 12.1 Å². The number of amides is 2. The van der Waals surface area contributed by atoms with Gasteiger partial charge in [0.05, 0.1) is 11.3 Å². The highest BCUT2D eigenvalue weighted by Gasteiger charge is 2.28. The van der Waals surface area contributed by atoms with E-state index in [9.17, 15) is 9.59 Å². The van der Waals surface area contributed by atoms with Crippen LogP contribution in [0.15, 0.2) is 12.3 Å². The minimum atomic E-state index is -0.553. The molecule has 1 saturated heterocycles. The van der Waals surface area contributed by atoms with Crippen LogP contribution >= 0.6 is 0 Å². The lowest BCUT2D eigenvalue weighted by atomic mass is 9.94. The van der Waals surface area contributed by atoms with Gasteiger partial charge in [-0.1, -0.05) is 0 Å². The minimum absolute atomic E-state index is 0.00469. The summed E-state index contributed by atoms with van der Waals surface area (Å²) in [4.78, 5) is 25.7. The van der Waals surface area contributed by atoms with E-state index < -0.39 is 5.91 Å². The summed E-state index contributed by atoms with van der Waals surface area (Å²) in [5.41, 5.74) is 7.67. The standard InChI is InChI=1S/C15H20N6O2/c1-9-11(8-20(2)19-9)15(23)21-5-3-4-10(7-21)12-6-13(14(16)22)18-17-12/h6,8,10H,3-5,7H2,1-2H3,(H2,16,22)(H,17,18). The van der Waals surface area contributed by atoms with E-state index in [4.69, 9.17) is 5.73 Å². The molecule has 8 nitrogen and oxygen atoms in total. The number of H-pyrrole nitrogens is 1. The molecule has 2 amide bonds. The van der Waals surface area contributed by atoms with Crippen LogP contribution in [0.1, 0.15) is 51.0 Å². The summed E-state index contributed by atoms with van der Waals surface area (Å²) < 4.78 is 1.65. The van der Waals surface area contributed by atoms with Crippen molar-refractivity contribution >= 4 is 11.8 Å². The summed E-state index contributed by atoms with van der Waals surface area (Å²) in [5, 5.41) is 11.0. The Labute approximate surface area is 133 Å². The number of hydrogen-bond acceptors (Lipinski definition) is 4. The van der Waals surface area contributed by atoms with Crippen molar-refractivity contribution in [2.24, 2.45) is 12.8 Å². The van der Waals surface area contributed by atoms with Crippen LogP contribution in [-0.4, -0.2) is 49.8 Å². The van der Waals surface area contributed by atoms with Gasteiger partial charge in [-0.15, -0.1) is 0 Å². The van der Waals surface area contributed by atoms with E-state index in [1.54, 1.807) is 24.0 Å². The summed E-state index contributed by atoms with van der Waals surface area (Å²) in [6.45, 7) is 3.15. The lowest BCUT2D eigenvalue weighted by Crippen LogP contribution is -2.39. The number of likely N-dealkylation sites (tertiary alicyclic amines) is 1. The molecule has 122 valence electrons. The summed E-state index contributed by atoms with van der Waals surface area (Å²) in [5.74, 6) is -0.428. The van der Waals surface area contributed by atoms with Crippen molar-refractivity contribution in [3.63, 3.8) is 0 Å². The minimum Gasteiger partial charge on any atom is -0.364 e. The molecule has 1 atom stereocenters. The molecule has 8 heteroatoms. The fourth-order valence-corrected chi connectivity index (χ4v) is 3.07. The summed E-state index contributed by atoms with van der Waals surface area (Å²) in [6.07, 6.45) is 3.60. The predicted octanol–water partition coefficient (Wildman–Crippen LogP) is 0.570. The third-order valence-corrected chi connectivity index (χ3v) is 4.24. The molecule has 3 N–H and O–H groups in total. The Hall–Kier alpha value is -2.64. The van der Waals surface area contributed by atoms with Gasteiger partial charge in [0.15, 0.2) is 0 Å². The molecule has 1 aliphatic heterocycles. The Morgan fingerprint density at radius 2 is 2.22 bits per heavy atom. The van der Waals surface area contributed by atoms with Crippen molar-refractivity contribution in [2.75, 3.05) is 13.1 Å². The quantitative estimate of drug-likeness (QED) is 0.862. The van der Waals surface area contributed by atoms with Crippen LogP contribution < -0.4 is 5.73 Å². The number of aromatic nitrogens is 4. The first-order chi connectivity index (χ1) is 11.0. The smallest absolute Gasteiger partial charge is 0.269 e. The van der Waals surface area contributed by atoms with Gasteiger partial charge >= 0.3 is 0 Å². The highest BCUT2D eigenvalue weighted by molar-refractivity contribution is 5.95. The van der Waals surface area contributed by atoms with Crippen LogP contribution in [-0.2, 0) is 7.05 Å². The van der Waals surface area contributed by atoms with Crippen molar-refractivity contribution in [3.8, 4) is 0 Å². The predicted molar refractivity (Wildman–Crippen MR) is 82.9 cm³/mol. The lowest BCUT2D eigenvalue weighted by Gasteiger charge is -2.32. The van der Waals surface area contributed by atoms with Crippen LogP contribution in [0.2, 0.25) is 0 Å². The average Bonchev–Trinajstić information content (AvgIpc) is 3.13. The highest BCUT2D eigenvalue weighted by atomic mass is 16.2. The zero-order valence-corrected chi connectivity index (χ0v) is 13.2. The lowest BCUT2D eigenvalue weighted by molar-refractivity contribution is 0.0705. The molecule has 2 aromatic heterocycles. The number of rotatable bonds is 3. The Kier molecular flexibility index (Phi) is 3.89. The topological polar surface area (TPSA) is 110 Å². The number of carbonyl (C=O) groups is 2. The van der Waals surface area contributed by atoms with Gasteiger partial charge in [0.2, 0.25) is 0 Å². The number of nitrogens with one attached hydrogen (secondary N) is 1. The van der Waals surface area contributed by atoms with Gasteiger partial charge in [0, 0.05) is 37.9 Å². The molecule has 1 fully saturated rings. The van der Waals surface area contributed by atoms with Gasteiger partial charge in [-0.3, -0.25) is 19.4 Å². The second kappa shape index (κ2) is 5.86. The molecule has 0 aliphatic carbocycles. The second-order valence-electron chi connectivity index (χ2n) is 5.96. The van der Waals surface area contributed by atoms with E-state index >= 15 is 0 Å². The number of nitrogens with two attached hydrogens (primary N) is 1. The monoisotopic (exact) mass is 316 g/mol. The fraction of sp³-hybridized carbons (Fsp3) is 0.467. The first kappa shape index (κ1) is 15.3. The molecule has 0 spiro atoms. The fourth-order valence-electron chi connectivity index (χ4n) is 3.07. The third kappa shape index (κ3) is 2.96.